The summed E-state index contributed by atoms with van der Waals surface area (Å²) in [6.07, 6.45) is 0.678. The minimum atomic E-state index is 0.254. The van der Waals surface area contributed by atoms with Gasteiger partial charge in [0.1, 0.15) is 5.52 Å². The van der Waals surface area contributed by atoms with Gasteiger partial charge in [0.25, 0.3) is 0 Å². The topological polar surface area (TPSA) is 77.0 Å². The highest BCUT2D eigenvalue weighted by molar-refractivity contribution is 6.31. The maximum Gasteiger partial charge on any atom is 0.323 e. The van der Waals surface area contributed by atoms with Crippen LogP contribution in [0.1, 0.15) is 12.8 Å². The van der Waals surface area contributed by atoms with Crippen molar-refractivity contribution in [3.05, 3.63) is 29.1 Å². The van der Waals surface area contributed by atoms with Crippen LogP contribution in [0.3, 0.4) is 0 Å². The van der Waals surface area contributed by atoms with Crippen LogP contribution in [0.4, 0.5) is 12.0 Å². The van der Waals surface area contributed by atoms with Crippen molar-refractivity contribution in [3.63, 3.8) is 0 Å². The van der Waals surface area contributed by atoms with Gasteiger partial charge in [-0.25, -0.2) is 0 Å². The molecule has 92 valence electrons. The molecule has 3 aromatic rings. The van der Waals surface area contributed by atoms with Gasteiger partial charge in [-0.1, -0.05) is 23.6 Å². The Labute approximate surface area is 107 Å². The zero-order valence-electron chi connectivity index (χ0n) is 9.48. The first-order valence-electron chi connectivity index (χ1n) is 5.40. The van der Waals surface area contributed by atoms with Gasteiger partial charge >= 0.3 is 12.0 Å². The molecule has 3 rings (SSSR count). The third kappa shape index (κ3) is 2.02. The number of hydrogen-bond donors (Lipinski definition) is 1. The number of anilines is 2. The van der Waals surface area contributed by atoms with Gasteiger partial charge in [0, 0.05) is 17.5 Å². The molecule has 2 heterocycles. The van der Waals surface area contributed by atoms with Gasteiger partial charge in [-0.15, -0.1) is 5.10 Å². The predicted molar refractivity (Wildman–Crippen MR) is 66.0 cm³/mol. The first kappa shape index (κ1) is 11.0. The molecule has 0 atom stereocenters. The van der Waals surface area contributed by atoms with Crippen LogP contribution in [0.5, 0.6) is 0 Å². The second-order valence-corrected chi connectivity index (χ2v) is 4.05. The summed E-state index contributed by atoms with van der Waals surface area (Å²) < 4.78 is 10.8. The maximum atomic E-state index is 5.86. The van der Waals surface area contributed by atoms with Crippen molar-refractivity contribution >= 4 is 34.7 Å². The van der Waals surface area contributed by atoms with E-state index in [-0.39, 0.29) is 6.01 Å². The van der Waals surface area contributed by atoms with Gasteiger partial charge in [-0.3, -0.25) is 5.32 Å². The summed E-state index contributed by atoms with van der Waals surface area (Å²) in [5.41, 5.74) is 1.30. The molecule has 0 unspecified atom stereocenters. The van der Waals surface area contributed by atoms with Crippen LogP contribution in [-0.4, -0.2) is 15.2 Å². The summed E-state index contributed by atoms with van der Waals surface area (Å²) in [7, 11) is 0. The predicted octanol–water partition coefficient (Wildman–Crippen LogP) is 3.17. The number of oxazole rings is 1. The Hall–Kier alpha value is -2.08. The van der Waals surface area contributed by atoms with Crippen molar-refractivity contribution in [2.45, 2.75) is 13.3 Å². The Kier molecular flexibility index (Phi) is 2.64. The number of aryl methyl sites for hydroxylation is 1. The molecule has 0 aliphatic carbocycles. The number of aromatic nitrogens is 3. The normalized spacial score (nSPS) is 11.0. The number of hydrogen-bond acceptors (Lipinski definition) is 6. The van der Waals surface area contributed by atoms with E-state index in [0.29, 0.717) is 34.4 Å². The van der Waals surface area contributed by atoms with Gasteiger partial charge < -0.3 is 8.83 Å². The number of benzene rings is 1. The fourth-order valence-electron chi connectivity index (χ4n) is 1.49. The highest BCUT2D eigenvalue weighted by Gasteiger charge is 2.10. The van der Waals surface area contributed by atoms with E-state index < -0.39 is 0 Å². The van der Waals surface area contributed by atoms with Crippen LogP contribution in [0.15, 0.2) is 27.0 Å². The number of rotatable bonds is 3. The van der Waals surface area contributed by atoms with E-state index in [0.717, 1.165) is 0 Å². The van der Waals surface area contributed by atoms with Crippen molar-refractivity contribution < 1.29 is 8.83 Å². The van der Waals surface area contributed by atoms with E-state index in [2.05, 4.69) is 20.5 Å². The van der Waals surface area contributed by atoms with Crippen molar-refractivity contribution in [2.75, 3.05) is 5.32 Å². The fourth-order valence-corrected chi connectivity index (χ4v) is 1.65. The van der Waals surface area contributed by atoms with E-state index in [1.54, 1.807) is 18.2 Å². The van der Waals surface area contributed by atoms with Gasteiger partial charge in [0.2, 0.25) is 5.89 Å². The van der Waals surface area contributed by atoms with Crippen molar-refractivity contribution in [3.8, 4) is 0 Å². The molecule has 0 spiro atoms. The van der Waals surface area contributed by atoms with Crippen molar-refractivity contribution in [1.82, 2.24) is 15.2 Å². The van der Waals surface area contributed by atoms with Gasteiger partial charge in [-0.2, -0.15) is 4.98 Å². The van der Waals surface area contributed by atoms with Crippen LogP contribution in [0.25, 0.3) is 11.1 Å². The lowest BCUT2D eigenvalue weighted by Crippen LogP contribution is -1.89. The Morgan fingerprint density at radius 1 is 1.22 bits per heavy atom. The number of nitrogens with zero attached hydrogens (tertiary/aromatic N) is 3. The Morgan fingerprint density at radius 2 is 2.11 bits per heavy atom. The molecule has 6 nitrogen and oxygen atoms in total. The smallest absolute Gasteiger partial charge is 0.323 e. The molecular weight excluding hydrogens is 256 g/mol. The number of nitrogens with one attached hydrogen (secondary N) is 1. The molecule has 1 N–H and O–H groups in total. The summed E-state index contributed by atoms with van der Waals surface area (Å²) in [4.78, 5) is 4.22. The Bertz CT molecular complexity index is 691. The van der Waals surface area contributed by atoms with E-state index in [4.69, 9.17) is 20.4 Å². The Balaban J connectivity index is 1.90. The molecule has 7 heteroatoms. The van der Waals surface area contributed by atoms with E-state index in [1.807, 2.05) is 6.92 Å². The average molecular weight is 265 g/mol. The molecule has 0 bridgehead atoms. The van der Waals surface area contributed by atoms with Crippen LogP contribution in [0.2, 0.25) is 5.02 Å². The summed E-state index contributed by atoms with van der Waals surface area (Å²) in [5, 5.41) is 11.0. The first-order valence-corrected chi connectivity index (χ1v) is 5.78. The minimum Gasteiger partial charge on any atom is -0.423 e. The average Bonchev–Trinajstić information content (AvgIpc) is 2.95. The minimum absolute atomic E-state index is 0.254. The Morgan fingerprint density at radius 3 is 2.89 bits per heavy atom. The van der Waals surface area contributed by atoms with Crippen molar-refractivity contribution in [1.29, 1.82) is 0 Å². The first-order chi connectivity index (χ1) is 8.74. The monoisotopic (exact) mass is 264 g/mol. The van der Waals surface area contributed by atoms with Crippen molar-refractivity contribution in [2.24, 2.45) is 0 Å². The second kappa shape index (κ2) is 4.30. The highest BCUT2D eigenvalue weighted by atomic mass is 35.5. The summed E-state index contributed by atoms with van der Waals surface area (Å²) in [6, 6.07) is 5.76. The summed E-state index contributed by atoms with van der Waals surface area (Å²) in [5.74, 6) is 0.552. The van der Waals surface area contributed by atoms with E-state index in [1.165, 1.54) is 0 Å². The lowest BCUT2D eigenvalue weighted by molar-refractivity contribution is 0.510. The lowest BCUT2D eigenvalue weighted by atomic mass is 10.3. The van der Waals surface area contributed by atoms with Crippen LogP contribution in [-0.2, 0) is 6.42 Å². The highest BCUT2D eigenvalue weighted by Crippen LogP contribution is 2.24. The molecule has 0 radical (unpaired) electrons. The van der Waals surface area contributed by atoms with Crippen LogP contribution in [0, 0.1) is 0 Å². The third-order valence-corrected chi connectivity index (χ3v) is 2.57. The zero-order chi connectivity index (χ0) is 12.5. The summed E-state index contributed by atoms with van der Waals surface area (Å²) in [6.45, 7) is 1.93. The molecule has 2 aromatic heterocycles. The summed E-state index contributed by atoms with van der Waals surface area (Å²) >= 11 is 5.86. The molecule has 0 amide bonds. The largest absolute Gasteiger partial charge is 0.423 e. The zero-order valence-corrected chi connectivity index (χ0v) is 10.2. The SMILES string of the molecule is CCc1nnc(Nc2nc3ccc(Cl)cc3o2)o1. The van der Waals surface area contributed by atoms with Crippen LogP contribution < -0.4 is 5.32 Å². The number of halogens is 1. The standard InChI is InChI=1S/C11H9ClN4O2/c1-2-9-15-16-11(18-9)14-10-13-7-4-3-6(12)5-8(7)17-10/h3-5H,2H2,1H3,(H,13,14,16). The molecule has 0 aliphatic rings. The molecular formula is C11H9ClN4O2. The van der Waals surface area contributed by atoms with Gasteiger partial charge in [0.05, 0.1) is 0 Å². The van der Waals surface area contributed by atoms with Gasteiger partial charge in [-0.05, 0) is 12.1 Å². The molecule has 0 fully saturated rings. The molecule has 0 saturated heterocycles. The third-order valence-electron chi connectivity index (χ3n) is 2.33. The fraction of sp³-hybridized carbons (Fsp3) is 0.182. The molecule has 0 aliphatic heterocycles. The quantitative estimate of drug-likeness (QED) is 0.783. The van der Waals surface area contributed by atoms with E-state index in [9.17, 15) is 0 Å². The van der Waals surface area contributed by atoms with Crippen LogP contribution >= 0.6 is 11.6 Å². The molecule has 1 aromatic carbocycles. The van der Waals surface area contributed by atoms with Gasteiger partial charge in [0.15, 0.2) is 5.58 Å². The molecule has 0 saturated carbocycles. The maximum absolute atomic E-state index is 5.86. The second-order valence-electron chi connectivity index (χ2n) is 3.61. The lowest BCUT2D eigenvalue weighted by Gasteiger charge is -1.91. The molecule has 18 heavy (non-hydrogen) atoms. The van der Waals surface area contributed by atoms with E-state index >= 15 is 0 Å². The number of fused-ring (bicyclic) bond motifs is 1.